The normalized spacial score (nSPS) is 12.1. The minimum Gasteiger partial charge on any atom is -0.449 e. The van der Waals surface area contributed by atoms with Crippen molar-refractivity contribution >= 4 is 27.6 Å². The highest BCUT2D eigenvalue weighted by Gasteiger charge is 2.23. The zero-order valence-corrected chi connectivity index (χ0v) is 17.3. The van der Waals surface area contributed by atoms with Crippen LogP contribution in [0.5, 0.6) is 0 Å². The lowest BCUT2D eigenvalue weighted by Crippen LogP contribution is -2.30. The summed E-state index contributed by atoms with van der Waals surface area (Å²) >= 11 is 0. The van der Waals surface area contributed by atoms with Crippen molar-refractivity contribution in [1.29, 1.82) is 5.26 Å². The van der Waals surface area contributed by atoms with Gasteiger partial charge in [0.2, 0.25) is 10.0 Å². The van der Waals surface area contributed by atoms with Crippen LogP contribution >= 0.6 is 0 Å². The summed E-state index contributed by atoms with van der Waals surface area (Å²) in [5, 5.41) is 11.5. The first kappa shape index (κ1) is 22.1. The smallest absolute Gasteiger partial charge is 0.339 e. The monoisotopic (exact) mass is 415 g/mol. The van der Waals surface area contributed by atoms with E-state index in [9.17, 15) is 18.0 Å². The molecule has 29 heavy (non-hydrogen) atoms. The summed E-state index contributed by atoms with van der Waals surface area (Å²) in [6.45, 7) is 3.04. The van der Waals surface area contributed by atoms with Crippen molar-refractivity contribution in [3.8, 4) is 6.07 Å². The maximum Gasteiger partial charge on any atom is 0.339 e. The van der Waals surface area contributed by atoms with Crippen LogP contribution in [0, 0.1) is 18.3 Å². The molecule has 9 heteroatoms. The molecule has 152 valence electrons. The Morgan fingerprint density at radius 1 is 1.17 bits per heavy atom. The van der Waals surface area contributed by atoms with Gasteiger partial charge in [-0.15, -0.1) is 0 Å². The quantitative estimate of drug-likeness (QED) is 0.724. The van der Waals surface area contributed by atoms with Crippen LogP contribution < -0.4 is 5.32 Å². The zero-order valence-electron chi connectivity index (χ0n) is 16.5. The number of carbonyl (C=O) groups excluding carboxylic acids is 2. The summed E-state index contributed by atoms with van der Waals surface area (Å²) in [5.41, 5.74) is 1.34. The summed E-state index contributed by atoms with van der Waals surface area (Å²) < 4.78 is 30.8. The van der Waals surface area contributed by atoms with E-state index in [2.05, 4.69) is 5.32 Å². The molecule has 1 amide bonds. The number of hydrogen-bond donors (Lipinski definition) is 1. The molecule has 0 saturated carbocycles. The van der Waals surface area contributed by atoms with Gasteiger partial charge in [0, 0.05) is 19.8 Å². The number of anilines is 1. The first-order valence-corrected chi connectivity index (χ1v) is 10.1. The first-order chi connectivity index (χ1) is 13.6. The standard InChI is InChI=1S/C20H21N3O5S/c1-13-8-9-17(29(26,27)23(3)4)11-18(13)20(25)28-14(2)19(24)22-16-7-5-6-15(10-16)12-21/h5-11,14H,1-4H3,(H,22,24)/t14-/m1/s1. The van der Waals surface area contributed by atoms with Crippen LogP contribution in [0.1, 0.15) is 28.4 Å². The zero-order chi connectivity index (χ0) is 21.8. The Balaban J connectivity index is 2.17. The van der Waals surface area contributed by atoms with Gasteiger partial charge in [0.25, 0.3) is 5.91 Å². The van der Waals surface area contributed by atoms with Gasteiger partial charge in [-0.25, -0.2) is 17.5 Å². The molecule has 0 heterocycles. The number of nitriles is 1. The summed E-state index contributed by atoms with van der Waals surface area (Å²) in [4.78, 5) is 24.8. The molecular formula is C20H21N3O5S. The second-order valence-electron chi connectivity index (χ2n) is 6.49. The molecule has 2 rings (SSSR count). The van der Waals surface area contributed by atoms with E-state index in [1.54, 1.807) is 25.1 Å². The summed E-state index contributed by atoms with van der Waals surface area (Å²) in [5.74, 6) is -1.39. The minimum absolute atomic E-state index is 0.0505. The molecule has 0 spiro atoms. The van der Waals surface area contributed by atoms with Crippen LogP contribution in [-0.2, 0) is 19.6 Å². The molecule has 0 aliphatic rings. The third-order valence-corrected chi connectivity index (χ3v) is 5.93. The van der Waals surface area contributed by atoms with Crippen molar-refractivity contribution in [2.45, 2.75) is 24.8 Å². The second-order valence-corrected chi connectivity index (χ2v) is 8.65. The highest BCUT2D eigenvalue weighted by Crippen LogP contribution is 2.19. The highest BCUT2D eigenvalue weighted by atomic mass is 32.2. The summed E-state index contributed by atoms with van der Waals surface area (Å²) in [6, 6.07) is 12.4. The molecule has 1 atom stereocenters. The predicted octanol–water partition coefficient (Wildman–Crippen LogP) is 2.30. The van der Waals surface area contributed by atoms with Crippen LogP contribution in [0.2, 0.25) is 0 Å². The van der Waals surface area contributed by atoms with Crippen LogP contribution in [0.4, 0.5) is 5.69 Å². The van der Waals surface area contributed by atoms with Crippen LogP contribution in [0.25, 0.3) is 0 Å². The molecule has 0 aromatic heterocycles. The molecule has 0 saturated heterocycles. The largest absolute Gasteiger partial charge is 0.449 e. The fourth-order valence-corrected chi connectivity index (χ4v) is 3.31. The van der Waals surface area contributed by atoms with E-state index in [-0.39, 0.29) is 10.5 Å². The van der Waals surface area contributed by atoms with Crippen molar-refractivity contribution in [3.05, 3.63) is 59.2 Å². The fraction of sp³-hybridized carbons (Fsp3) is 0.250. The Morgan fingerprint density at radius 3 is 2.48 bits per heavy atom. The van der Waals surface area contributed by atoms with E-state index in [0.717, 1.165) is 4.31 Å². The molecule has 0 fully saturated rings. The van der Waals surface area contributed by atoms with Gasteiger partial charge >= 0.3 is 5.97 Å². The average molecular weight is 415 g/mol. The predicted molar refractivity (Wildman–Crippen MR) is 107 cm³/mol. The number of nitrogens with zero attached hydrogens (tertiary/aromatic N) is 2. The maximum absolute atomic E-state index is 12.5. The SMILES string of the molecule is Cc1ccc(S(=O)(=O)N(C)C)cc1C(=O)O[C@H](C)C(=O)Nc1cccc(C#N)c1. The van der Waals surface area contributed by atoms with Gasteiger partial charge in [-0.1, -0.05) is 12.1 Å². The van der Waals surface area contributed by atoms with Crippen LogP contribution in [0.15, 0.2) is 47.4 Å². The molecule has 8 nitrogen and oxygen atoms in total. The number of nitrogens with one attached hydrogen (secondary N) is 1. The van der Waals surface area contributed by atoms with Gasteiger partial charge in [-0.3, -0.25) is 4.79 Å². The average Bonchev–Trinajstić information content (AvgIpc) is 2.67. The number of aryl methyl sites for hydroxylation is 1. The number of amides is 1. The van der Waals surface area contributed by atoms with Crippen molar-refractivity contribution in [3.63, 3.8) is 0 Å². The molecule has 0 radical (unpaired) electrons. The lowest BCUT2D eigenvalue weighted by Gasteiger charge is -2.16. The van der Waals surface area contributed by atoms with E-state index >= 15 is 0 Å². The van der Waals surface area contributed by atoms with Gasteiger partial charge in [-0.2, -0.15) is 5.26 Å². The van der Waals surface area contributed by atoms with E-state index in [0.29, 0.717) is 16.8 Å². The van der Waals surface area contributed by atoms with Crippen molar-refractivity contribution in [2.24, 2.45) is 0 Å². The summed E-state index contributed by atoms with van der Waals surface area (Å²) in [7, 11) is -0.942. The molecule has 2 aromatic carbocycles. The van der Waals surface area contributed by atoms with Crippen molar-refractivity contribution < 1.29 is 22.7 Å². The number of carbonyl (C=O) groups is 2. The molecule has 0 aliphatic heterocycles. The third kappa shape index (κ3) is 5.19. The Labute approximate surface area is 169 Å². The van der Waals surface area contributed by atoms with Gasteiger partial charge < -0.3 is 10.1 Å². The molecule has 1 N–H and O–H groups in total. The molecular weight excluding hydrogens is 394 g/mol. The number of ether oxygens (including phenoxy) is 1. The topological polar surface area (TPSA) is 117 Å². The molecule has 0 aliphatic carbocycles. The van der Waals surface area contributed by atoms with Crippen LogP contribution in [0.3, 0.4) is 0 Å². The van der Waals surface area contributed by atoms with Gasteiger partial charge in [0.05, 0.1) is 22.1 Å². The number of rotatable bonds is 6. The van der Waals surface area contributed by atoms with Gasteiger partial charge in [0.1, 0.15) is 0 Å². The minimum atomic E-state index is -3.72. The molecule has 0 unspecified atom stereocenters. The lowest BCUT2D eigenvalue weighted by atomic mass is 10.1. The number of sulfonamides is 1. The Bertz CT molecular complexity index is 1090. The maximum atomic E-state index is 12.5. The lowest BCUT2D eigenvalue weighted by molar-refractivity contribution is -0.123. The summed E-state index contributed by atoms with van der Waals surface area (Å²) in [6.07, 6.45) is -1.14. The first-order valence-electron chi connectivity index (χ1n) is 8.61. The second kappa shape index (κ2) is 8.86. The van der Waals surface area contributed by atoms with E-state index in [4.69, 9.17) is 10.00 Å². The van der Waals surface area contributed by atoms with Crippen molar-refractivity contribution in [1.82, 2.24) is 4.31 Å². The van der Waals surface area contributed by atoms with Gasteiger partial charge in [-0.05, 0) is 49.7 Å². The highest BCUT2D eigenvalue weighted by molar-refractivity contribution is 7.89. The van der Waals surface area contributed by atoms with Crippen molar-refractivity contribution in [2.75, 3.05) is 19.4 Å². The fourth-order valence-electron chi connectivity index (χ4n) is 2.38. The van der Waals surface area contributed by atoms with E-state index < -0.39 is 28.0 Å². The Morgan fingerprint density at radius 2 is 1.86 bits per heavy atom. The Hall–Kier alpha value is -3.22. The number of esters is 1. The van der Waals surface area contributed by atoms with E-state index in [1.165, 1.54) is 45.3 Å². The third-order valence-electron chi connectivity index (χ3n) is 4.12. The van der Waals surface area contributed by atoms with E-state index in [1.807, 2.05) is 6.07 Å². The molecule has 2 aromatic rings. The molecule has 0 bridgehead atoms. The number of benzene rings is 2. The van der Waals surface area contributed by atoms with Gasteiger partial charge in [0.15, 0.2) is 6.10 Å². The number of hydrogen-bond acceptors (Lipinski definition) is 6. The van der Waals surface area contributed by atoms with Crippen LogP contribution in [-0.4, -0.2) is 44.8 Å². The Kier molecular flexibility index (Phi) is 6.74.